The van der Waals surface area contributed by atoms with Gasteiger partial charge in [0.15, 0.2) is 0 Å². The molecule has 4 aromatic rings. The van der Waals surface area contributed by atoms with Gasteiger partial charge in [-0.1, -0.05) is 67.4 Å². The number of esters is 1. The van der Waals surface area contributed by atoms with Gasteiger partial charge in [-0.25, -0.2) is 9.78 Å². The van der Waals surface area contributed by atoms with E-state index in [1.807, 2.05) is 57.2 Å². The molecule has 32 heavy (non-hydrogen) atoms. The second-order valence-corrected chi connectivity index (χ2v) is 8.98. The molecule has 4 rings (SSSR count). The number of carbonyl (C=O) groups excluding carboxylic acids is 1. The number of hydrogen-bond acceptors (Lipinski definition) is 3. The summed E-state index contributed by atoms with van der Waals surface area (Å²) in [5.41, 5.74) is 8.50. The molecule has 3 nitrogen and oxygen atoms in total. The maximum atomic E-state index is 13.5. The fourth-order valence-corrected chi connectivity index (χ4v) is 4.08. The molecule has 0 atom stereocenters. The van der Waals surface area contributed by atoms with Crippen molar-refractivity contribution in [2.45, 2.75) is 47.5 Å². The lowest BCUT2D eigenvalue weighted by molar-refractivity contribution is 0.0735. The molecular formula is C29H29NO2. The number of aryl methyl sites for hydroxylation is 4. The summed E-state index contributed by atoms with van der Waals surface area (Å²) in [7, 11) is 0. The van der Waals surface area contributed by atoms with E-state index in [4.69, 9.17) is 9.72 Å². The SMILES string of the molecule is Cc1ccc(-c2cc(C(=O)Oc3cc(C)ccc3C(C)C)c3cc(C)cc(C)c3n2)cc1. The lowest BCUT2D eigenvalue weighted by atomic mass is 9.99. The van der Waals surface area contributed by atoms with E-state index in [-0.39, 0.29) is 11.9 Å². The Kier molecular flexibility index (Phi) is 5.84. The number of benzene rings is 3. The second-order valence-electron chi connectivity index (χ2n) is 8.98. The standard InChI is InChI=1S/C29H29NO2/c1-17(2)23-12-9-19(4)15-27(23)32-29(31)25-16-26(22-10-7-18(3)8-11-22)30-28-21(6)13-20(5)14-24(25)28/h7-17H,1-6H3. The highest BCUT2D eigenvalue weighted by Gasteiger charge is 2.19. The summed E-state index contributed by atoms with van der Waals surface area (Å²) in [5, 5.41) is 0.821. The minimum Gasteiger partial charge on any atom is -0.423 e. The molecule has 0 amide bonds. The van der Waals surface area contributed by atoms with Crippen LogP contribution in [0.1, 0.15) is 57.9 Å². The summed E-state index contributed by atoms with van der Waals surface area (Å²) in [6, 6.07) is 20.2. The summed E-state index contributed by atoms with van der Waals surface area (Å²) in [6.45, 7) is 12.3. The van der Waals surface area contributed by atoms with Crippen molar-refractivity contribution in [1.29, 1.82) is 0 Å². The molecule has 0 aliphatic rings. The Morgan fingerprint density at radius 2 is 1.50 bits per heavy atom. The molecule has 0 saturated carbocycles. The lowest BCUT2D eigenvalue weighted by Gasteiger charge is -2.16. The number of hydrogen-bond donors (Lipinski definition) is 0. The summed E-state index contributed by atoms with van der Waals surface area (Å²) >= 11 is 0. The van der Waals surface area contributed by atoms with Gasteiger partial charge in [0, 0.05) is 10.9 Å². The number of aromatic nitrogens is 1. The molecule has 0 bridgehead atoms. The molecule has 0 radical (unpaired) electrons. The van der Waals surface area contributed by atoms with Crippen LogP contribution in [0.2, 0.25) is 0 Å². The zero-order valence-electron chi connectivity index (χ0n) is 19.6. The molecule has 1 heterocycles. The van der Waals surface area contributed by atoms with E-state index in [9.17, 15) is 4.79 Å². The largest absolute Gasteiger partial charge is 0.423 e. The summed E-state index contributed by atoms with van der Waals surface area (Å²) in [4.78, 5) is 18.4. The van der Waals surface area contributed by atoms with Gasteiger partial charge in [-0.15, -0.1) is 0 Å². The topological polar surface area (TPSA) is 39.2 Å². The first-order chi connectivity index (χ1) is 15.2. The van der Waals surface area contributed by atoms with Crippen molar-refractivity contribution in [3.63, 3.8) is 0 Å². The Morgan fingerprint density at radius 1 is 0.812 bits per heavy atom. The van der Waals surface area contributed by atoms with Crippen LogP contribution in [0.25, 0.3) is 22.2 Å². The van der Waals surface area contributed by atoms with Crippen LogP contribution >= 0.6 is 0 Å². The monoisotopic (exact) mass is 423 g/mol. The zero-order chi connectivity index (χ0) is 23.0. The zero-order valence-corrected chi connectivity index (χ0v) is 19.6. The van der Waals surface area contributed by atoms with Gasteiger partial charge in [0.25, 0.3) is 0 Å². The van der Waals surface area contributed by atoms with E-state index >= 15 is 0 Å². The third-order valence-electron chi connectivity index (χ3n) is 5.81. The average molecular weight is 424 g/mol. The van der Waals surface area contributed by atoms with Crippen molar-refractivity contribution in [2.75, 3.05) is 0 Å². The number of nitrogens with zero attached hydrogens (tertiary/aromatic N) is 1. The third kappa shape index (κ3) is 4.29. The predicted octanol–water partition coefficient (Wildman–Crippen LogP) is 7.48. The molecular weight excluding hydrogens is 394 g/mol. The van der Waals surface area contributed by atoms with E-state index in [1.165, 1.54) is 5.56 Å². The number of fused-ring (bicyclic) bond motifs is 1. The van der Waals surface area contributed by atoms with Gasteiger partial charge < -0.3 is 4.74 Å². The van der Waals surface area contributed by atoms with Crippen LogP contribution in [0.4, 0.5) is 0 Å². The summed E-state index contributed by atoms with van der Waals surface area (Å²) < 4.78 is 6.00. The Morgan fingerprint density at radius 3 is 2.19 bits per heavy atom. The first kappa shape index (κ1) is 21.8. The number of pyridine rings is 1. The fourth-order valence-electron chi connectivity index (χ4n) is 4.08. The first-order valence-corrected chi connectivity index (χ1v) is 11.0. The van der Waals surface area contributed by atoms with Gasteiger partial charge in [0.2, 0.25) is 0 Å². The summed E-state index contributed by atoms with van der Waals surface area (Å²) in [5.74, 6) is 0.514. The fraction of sp³-hybridized carbons (Fsp3) is 0.241. The molecule has 0 aliphatic carbocycles. The normalized spacial score (nSPS) is 11.2. The smallest absolute Gasteiger partial charge is 0.344 e. The van der Waals surface area contributed by atoms with Crippen molar-refractivity contribution >= 4 is 16.9 Å². The molecule has 0 N–H and O–H groups in total. The molecule has 0 aliphatic heterocycles. The molecule has 0 saturated heterocycles. The highest BCUT2D eigenvalue weighted by Crippen LogP contribution is 2.31. The van der Waals surface area contributed by atoms with Crippen molar-refractivity contribution in [1.82, 2.24) is 4.98 Å². The quantitative estimate of drug-likeness (QED) is 0.252. The Labute approximate surface area is 190 Å². The number of carbonyl (C=O) groups is 1. The maximum Gasteiger partial charge on any atom is 0.344 e. The molecule has 162 valence electrons. The van der Waals surface area contributed by atoms with Gasteiger partial charge in [-0.05, 0) is 68.5 Å². The minimum absolute atomic E-state index is 0.250. The van der Waals surface area contributed by atoms with E-state index in [1.54, 1.807) is 0 Å². The van der Waals surface area contributed by atoms with Crippen LogP contribution in [-0.4, -0.2) is 11.0 Å². The van der Waals surface area contributed by atoms with E-state index < -0.39 is 0 Å². The molecule has 0 unspecified atom stereocenters. The lowest BCUT2D eigenvalue weighted by Crippen LogP contribution is -2.12. The molecule has 3 aromatic carbocycles. The van der Waals surface area contributed by atoms with Crippen LogP contribution in [0, 0.1) is 27.7 Å². The Hall–Kier alpha value is -3.46. The van der Waals surface area contributed by atoms with Crippen LogP contribution in [0.5, 0.6) is 5.75 Å². The van der Waals surface area contributed by atoms with Crippen molar-refractivity contribution in [2.24, 2.45) is 0 Å². The number of rotatable bonds is 4. The Bertz CT molecular complexity index is 1320. The van der Waals surface area contributed by atoms with Gasteiger partial charge in [-0.2, -0.15) is 0 Å². The van der Waals surface area contributed by atoms with Crippen molar-refractivity contribution < 1.29 is 9.53 Å². The average Bonchev–Trinajstić information content (AvgIpc) is 2.73. The van der Waals surface area contributed by atoms with Crippen LogP contribution < -0.4 is 4.74 Å². The number of ether oxygens (including phenoxy) is 1. The molecule has 1 aromatic heterocycles. The van der Waals surface area contributed by atoms with Crippen LogP contribution in [-0.2, 0) is 0 Å². The van der Waals surface area contributed by atoms with E-state index in [2.05, 4.69) is 45.0 Å². The van der Waals surface area contributed by atoms with Crippen LogP contribution in [0.3, 0.4) is 0 Å². The van der Waals surface area contributed by atoms with Gasteiger partial charge in [-0.3, -0.25) is 0 Å². The van der Waals surface area contributed by atoms with E-state index in [0.29, 0.717) is 11.3 Å². The predicted molar refractivity (Wildman–Crippen MR) is 132 cm³/mol. The van der Waals surface area contributed by atoms with E-state index in [0.717, 1.165) is 44.4 Å². The van der Waals surface area contributed by atoms with Crippen molar-refractivity contribution in [3.8, 4) is 17.0 Å². The summed E-state index contributed by atoms with van der Waals surface area (Å²) in [6.07, 6.45) is 0. The second kappa shape index (κ2) is 8.58. The first-order valence-electron chi connectivity index (χ1n) is 11.0. The molecule has 0 fully saturated rings. The van der Waals surface area contributed by atoms with Crippen molar-refractivity contribution in [3.05, 3.63) is 94.0 Å². The van der Waals surface area contributed by atoms with Gasteiger partial charge >= 0.3 is 5.97 Å². The third-order valence-corrected chi connectivity index (χ3v) is 5.81. The molecule has 3 heteroatoms. The highest BCUT2D eigenvalue weighted by atomic mass is 16.5. The van der Waals surface area contributed by atoms with Gasteiger partial charge in [0.1, 0.15) is 5.75 Å². The maximum absolute atomic E-state index is 13.5. The Balaban J connectivity index is 1.88. The highest BCUT2D eigenvalue weighted by molar-refractivity contribution is 6.06. The molecule has 0 spiro atoms. The van der Waals surface area contributed by atoms with Crippen LogP contribution in [0.15, 0.2) is 60.7 Å². The minimum atomic E-state index is -0.358. The van der Waals surface area contributed by atoms with Gasteiger partial charge in [0.05, 0.1) is 16.8 Å².